The van der Waals surface area contributed by atoms with Gasteiger partial charge in [-0.2, -0.15) is 0 Å². The van der Waals surface area contributed by atoms with Gasteiger partial charge in [0.25, 0.3) is 11.5 Å². The summed E-state index contributed by atoms with van der Waals surface area (Å²) in [6.45, 7) is 1.91. The van der Waals surface area contributed by atoms with Crippen LogP contribution in [0.2, 0.25) is 0 Å². The topological polar surface area (TPSA) is 127 Å². The third-order valence-corrected chi connectivity index (χ3v) is 5.40. The summed E-state index contributed by atoms with van der Waals surface area (Å²) in [5.74, 6) is -0.999. The number of unbranched alkanes of at least 4 members (excludes halogenated alkanes) is 1. The van der Waals surface area contributed by atoms with Crippen molar-refractivity contribution in [1.82, 2.24) is 9.55 Å². The van der Waals surface area contributed by atoms with E-state index in [-0.39, 0.29) is 29.4 Å². The molecule has 1 aromatic rings. The van der Waals surface area contributed by atoms with Crippen LogP contribution in [0.1, 0.15) is 58.3 Å². The number of nitrogens with zero attached hydrogens (tertiary/aromatic N) is 2. The molecular formula is C19H28N4O5. The maximum absolute atomic E-state index is 12.9. The largest absolute Gasteiger partial charge is 0.455 e. The van der Waals surface area contributed by atoms with Gasteiger partial charge in [0.15, 0.2) is 12.3 Å². The molecule has 0 atom stereocenters. The predicted molar refractivity (Wildman–Crippen MR) is 104 cm³/mol. The number of esters is 1. The van der Waals surface area contributed by atoms with E-state index in [0.717, 1.165) is 44.9 Å². The number of hydrogen-bond donors (Lipinski definition) is 2. The lowest BCUT2D eigenvalue weighted by Gasteiger charge is -2.29. The number of aromatic amines is 1. The van der Waals surface area contributed by atoms with Crippen molar-refractivity contribution in [1.29, 1.82) is 0 Å². The van der Waals surface area contributed by atoms with E-state index >= 15 is 0 Å². The lowest BCUT2D eigenvalue weighted by molar-refractivity contribution is -0.149. The number of anilines is 2. The molecule has 1 aromatic heterocycles. The van der Waals surface area contributed by atoms with Gasteiger partial charge in [0.05, 0.1) is 5.92 Å². The number of hydrogen-bond acceptors (Lipinski definition) is 6. The van der Waals surface area contributed by atoms with Crippen molar-refractivity contribution in [2.45, 2.75) is 70.9 Å². The van der Waals surface area contributed by atoms with E-state index in [1.165, 1.54) is 9.47 Å². The quantitative estimate of drug-likeness (QED) is 0.639. The Morgan fingerprint density at radius 3 is 2.50 bits per heavy atom. The zero-order valence-corrected chi connectivity index (χ0v) is 16.2. The van der Waals surface area contributed by atoms with Crippen LogP contribution >= 0.6 is 0 Å². The molecule has 1 heterocycles. The first kappa shape index (κ1) is 20.2. The molecule has 9 heteroatoms. The van der Waals surface area contributed by atoms with Crippen LogP contribution in [-0.2, 0) is 20.9 Å². The molecule has 2 fully saturated rings. The Labute approximate surface area is 162 Å². The number of carbonyl (C=O) groups excluding carboxylic acids is 2. The number of nitrogens with two attached hydrogens (primary N) is 1. The third kappa shape index (κ3) is 4.28. The fraction of sp³-hybridized carbons (Fsp3) is 0.684. The summed E-state index contributed by atoms with van der Waals surface area (Å²) >= 11 is 0. The van der Waals surface area contributed by atoms with Crippen LogP contribution in [-0.4, -0.2) is 34.1 Å². The molecule has 0 aliphatic heterocycles. The van der Waals surface area contributed by atoms with E-state index in [4.69, 9.17) is 10.5 Å². The van der Waals surface area contributed by atoms with Gasteiger partial charge in [-0.05, 0) is 32.1 Å². The van der Waals surface area contributed by atoms with Gasteiger partial charge in [-0.25, -0.2) is 4.79 Å². The minimum Gasteiger partial charge on any atom is -0.455 e. The summed E-state index contributed by atoms with van der Waals surface area (Å²) in [6.07, 6.45) is 6.47. The molecule has 2 aliphatic rings. The molecule has 1 amide bonds. The van der Waals surface area contributed by atoms with Gasteiger partial charge in [0.2, 0.25) is 0 Å². The van der Waals surface area contributed by atoms with Crippen molar-refractivity contribution in [3.63, 3.8) is 0 Å². The Balaban J connectivity index is 1.93. The first-order valence-electron chi connectivity index (χ1n) is 10.0. The van der Waals surface area contributed by atoms with E-state index in [0.29, 0.717) is 13.0 Å². The maximum atomic E-state index is 12.9. The molecule has 154 valence electrons. The Morgan fingerprint density at radius 1 is 1.21 bits per heavy atom. The summed E-state index contributed by atoms with van der Waals surface area (Å²) in [7, 11) is 0. The number of aromatic nitrogens is 2. The Bertz CT molecular complexity index is 849. The lowest BCUT2D eigenvalue weighted by atomic mass is 10.2. The van der Waals surface area contributed by atoms with Crippen LogP contribution in [0, 0.1) is 5.92 Å². The summed E-state index contributed by atoms with van der Waals surface area (Å²) in [5.41, 5.74) is 4.89. The van der Waals surface area contributed by atoms with E-state index in [9.17, 15) is 19.2 Å². The Kier molecular flexibility index (Phi) is 6.21. The number of rotatable bonds is 8. The molecule has 0 aromatic carbocycles. The van der Waals surface area contributed by atoms with Crippen LogP contribution in [0.4, 0.5) is 11.5 Å². The van der Waals surface area contributed by atoms with Gasteiger partial charge in [0, 0.05) is 12.6 Å². The molecule has 0 saturated heterocycles. The van der Waals surface area contributed by atoms with Crippen LogP contribution in [0.15, 0.2) is 9.59 Å². The second kappa shape index (κ2) is 8.62. The molecule has 0 spiro atoms. The molecule has 28 heavy (non-hydrogen) atoms. The number of H-pyrrole nitrogens is 1. The van der Waals surface area contributed by atoms with Crippen molar-refractivity contribution < 1.29 is 14.3 Å². The molecule has 2 saturated carbocycles. The Morgan fingerprint density at radius 2 is 1.89 bits per heavy atom. The molecule has 3 N–H and O–H groups in total. The fourth-order valence-electron chi connectivity index (χ4n) is 3.66. The lowest BCUT2D eigenvalue weighted by Crippen LogP contribution is -2.47. The highest BCUT2D eigenvalue weighted by molar-refractivity contribution is 5.98. The van der Waals surface area contributed by atoms with Crippen LogP contribution in [0.3, 0.4) is 0 Å². The van der Waals surface area contributed by atoms with Crippen molar-refractivity contribution in [2.75, 3.05) is 17.2 Å². The van der Waals surface area contributed by atoms with E-state index in [1.807, 2.05) is 6.92 Å². The first-order valence-corrected chi connectivity index (χ1v) is 10.0. The SMILES string of the molecule is CCCCn1c(N)c(N(C(=O)COC(=O)C2CC2)C2CCCC2)c(=O)[nH]c1=O. The van der Waals surface area contributed by atoms with E-state index in [1.54, 1.807) is 0 Å². The number of ether oxygens (including phenoxy) is 1. The van der Waals surface area contributed by atoms with Crippen molar-refractivity contribution in [3.8, 4) is 0 Å². The number of amides is 1. The highest BCUT2D eigenvalue weighted by atomic mass is 16.5. The highest BCUT2D eigenvalue weighted by Gasteiger charge is 2.35. The van der Waals surface area contributed by atoms with Crippen molar-refractivity contribution >= 4 is 23.4 Å². The number of nitrogen functional groups attached to an aromatic ring is 1. The minimum absolute atomic E-state index is 0.0176. The first-order chi connectivity index (χ1) is 13.4. The third-order valence-electron chi connectivity index (χ3n) is 5.40. The summed E-state index contributed by atoms with van der Waals surface area (Å²) in [4.78, 5) is 53.2. The summed E-state index contributed by atoms with van der Waals surface area (Å²) in [6, 6.07) is -0.201. The van der Waals surface area contributed by atoms with E-state index < -0.39 is 23.8 Å². The monoisotopic (exact) mass is 392 g/mol. The summed E-state index contributed by atoms with van der Waals surface area (Å²) < 4.78 is 6.43. The smallest absolute Gasteiger partial charge is 0.330 e. The van der Waals surface area contributed by atoms with Crippen LogP contribution in [0.25, 0.3) is 0 Å². The zero-order valence-electron chi connectivity index (χ0n) is 16.2. The van der Waals surface area contributed by atoms with Crippen molar-refractivity contribution in [3.05, 3.63) is 20.8 Å². The fourth-order valence-corrected chi connectivity index (χ4v) is 3.66. The molecule has 2 aliphatic carbocycles. The van der Waals surface area contributed by atoms with Gasteiger partial charge in [0.1, 0.15) is 5.82 Å². The van der Waals surface area contributed by atoms with Gasteiger partial charge in [-0.15, -0.1) is 0 Å². The number of carbonyl (C=O) groups is 2. The zero-order chi connectivity index (χ0) is 20.3. The maximum Gasteiger partial charge on any atom is 0.330 e. The second-order valence-electron chi connectivity index (χ2n) is 7.58. The Hall–Kier alpha value is -2.58. The van der Waals surface area contributed by atoms with Gasteiger partial charge < -0.3 is 10.5 Å². The number of nitrogens with one attached hydrogen (secondary N) is 1. The average molecular weight is 392 g/mol. The molecule has 0 radical (unpaired) electrons. The highest BCUT2D eigenvalue weighted by Crippen LogP contribution is 2.31. The molecular weight excluding hydrogens is 364 g/mol. The van der Waals surface area contributed by atoms with E-state index in [2.05, 4.69) is 4.98 Å². The van der Waals surface area contributed by atoms with Gasteiger partial charge in [-0.1, -0.05) is 26.2 Å². The van der Waals surface area contributed by atoms with Crippen LogP contribution in [0.5, 0.6) is 0 Å². The predicted octanol–water partition coefficient (Wildman–Crippen LogP) is 1.15. The van der Waals surface area contributed by atoms with Gasteiger partial charge >= 0.3 is 11.7 Å². The standard InChI is InChI=1S/C19H28N4O5/c1-2-3-10-22-16(20)15(17(25)21-19(22)27)23(13-6-4-5-7-13)14(24)11-28-18(26)12-8-9-12/h12-13H,2-11,20H2,1H3,(H,21,25,27). The minimum atomic E-state index is -0.691. The molecule has 9 nitrogen and oxygen atoms in total. The van der Waals surface area contributed by atoms with Crippen LogP contribution < -0.4 is 21.9 Å². The molecule has 0 bridgehead atoms. The van der Waals surface area contributed by atoms with Gasteiger partial charge in [-0.3, -0.25) is 28.8 Å². The second-order valence-corrected chi connectivity index (χ2v) is 7.58. The van der Waals surface area contributed by atoms with Crippen molar-refractivity contribution in [2.24, 2.45) is 5.92 Å². The molecule has 0 unspecified atom stereocenters. The summed E-state index contributed by atoms with van der Waals surface area (Å²) in [5, 5.41) is 0. The normalized spacial score (nSPS) is 16.9. The molecule has 3 rings (SSSR count). The average Bonchev–Trinajstić information content (AvgIpc) is 3.38.